The lowest BCUT2D eigenvalue weighted by atomic mass is 10.0. The molecule has 0 radical (unpaired) electrons. The SMILES string of the molecule is Cc1cc(-c2cnc3c(NCC(C)(C)O)cc(-c4cccnc4)nn23)ccc1C(=O)NC1CC1. The fourth-order valence-electron chi connectivity index (χ4n) is 3.83. The summed E-state index contributed by atoms with van der Waals surface area (Å²) in [7, 11) is 0. The number of imidazole rings is 1. The Bertz CT molecular complexity index is 1350. The minimum Gasteiger partial charge on any atom is -0.389 e. The minimum atomic E-state index is -0.891. The summed E-state index contributed by atoms with van der Waals surface area (Å²) in [6, 6.07) is 11.8. The van der Waals surface area contributed by atoms with E-state index in [4.69, 9.17) is 5.10 Å². The summed E-state index contributed by atoms with van der Waals surface area (Å²) in [5.74, 6) is -0.0280. The number of hydrogen-bond acceptors (Lipinski definition) is 6. The van der Waals surface area contributed by atoms with Crippen LogP contribution >= 0.6 is 0 Å². The zero-order valence-electron chi connectivity index (χ0n) is 19.5. The zero-order valence-corrected chi connectivity index (χ0v) is 19.5. The Morgan fingerprint density at radius 3 is 2.68 bits per heavy atom. The van der Waals surface area contributed by atoms with Crippen molar-refractivity contribution < 1.29 is 9.90 Å². The molecule has 0 spiro atoms. The van der Waals surface area contributed by atoms with Crippen molar-refractivity contribution in [2.75, 3.05) is 11.9 Å². The highest BCUT2D eigenvalue weighted by atomic mass is 16.3. The second-order valence-corrected chi connectivity index (χ2v) is 9.51. The van der Waals surface area contributed by atoms with Crippen LogP contribution in [0.2, 0.25) is 0 Å². The van der Waals surface area contributed by atoms with Crippen molar-refractivity contribution in [1.82, 2.24) is 24.9 Å². The number of nitrogens with zero attached hydrogens (tertiary/aromatic N) is 4. The topological polar surface area (TPSA) is 104 Å². The molecule has 174 valence electrons. The molecule has 0 saturated heterocycles. The molecule has 1 saturated carbocycles. The van der Waals surface area contributed by atoms with Gasteiger partial charge in [-0.1, -0.05) is 6.07 Å². The molecule has 8 heteroatoms. The van der Waals surface area contributed by atoms with Gasteiger partial charge in [-0.05, 0) is 69.5 Å². The molecular weight excluding hydrogens is 428 g/mol. The number of anilines is 1. The van der Waals surface area contributed by atoms with E-state index in [9.17, 15) is 9.90 Å². The molecule has 3 heterocycles. The summed E-state index contributed by atoms with van der Waals surface area (Å²) < 4.78 is 1.80. The molecule has 8 nitrogen and oxygen atoms in total. The number of fused-ring (bicyclic) bond motifs is 1. The van der Waals surface area contributed by atoms with E-state index in [1.807, 2.05) is 43.3 Å². The number of pyridine rings is 1. The largest absolute Gasteiger partial charge is 0.389 e. The summed E-state index contributed by atoms with van der Waals surface area (Å²) in [4.78, 5) is 21.4. The average molecular weight is 457 g/mol. The van der Waals surface area contributed by atoms with Crippen molar-refractivity contribution in [3.05, 3.63) is 66.1 Å². The predicted octanol–water partition coefficient (Wildman–Crippen LogP) is 3.84. The molecule has 1 aliphatic rings. The third-order valence-corrected chi connectivity index (χ3v) is 5.82. The van der Waals surface area contributed by atoms with Crippen molar-refractivity contribution in [3.63, 3.8) is 0 Å². The van der Waals surface area contributed by atoms with Gasteiger partial charge in [-0.3, -0.25) is 9.78 Å². The van der Waals surface area contributed by atoms with Gasteiger partial charge >= 0.3 is 0 Å². The minimum absolute atomic E-state index is 0.0280. The molecule has 5 rings (SSSR count). The summed E-state index contributed by atoms with van der Waals surface area (Å²) in [6.07, 6.45) is 7.38. The van der Waals surface area contributed by atoms with Gasteiger partial charge in [-0.15, -0.1) is 0 Å². The molecule has 3 aromatic heterocycles. The van der Waals surface area contributed by atoms with Gasteiger partial charge in [-0.25, -0.2) is 9.50 Å². The number of rotatable bonds is 7. The van der Waals surface area contributed by atoms with Crippen LogP contribution in [0.5, 0.6) is 0 Å². The molecule has 34 heavy (non-hydrogen) atoms. The van der Waals surface area contributed by atoms with Gasteiger partial charge in [0.15, 0.2) is 5.65 Å². The van der Waals surface area contributed by atoms with Crippen LogP contribution in [-0.4, -0.2) is 48.8 Å². The number of aromatic nitrogens is 4. The van der Waals surface area contributed by atoms with E-state index in [1.54, 1.807) is 37.0 Å². The number of amides is 1. The third kappa shape index (κ3) is 4.63. The Morgan fingerprint density at radius 1 is 1.18 bits per heavy atom. The highest BCUT2D eigenvalue weighted by Gasteiger charge is 2.24. The molecule has 1 amide bonds. The first-order valence-electron chi connectivity index (χ1n) is 11.5. The molecule has 4 aromatic rings. The number of aryl methyl sites for hydroxylation is 1. The van der Waals surface area contributed by atoms with Crippen molar-refractivity contribution in [1.29, 1.82) is 0 Å². The van der Waals surface area contributed by atoms with Crippen LogP contribution in [-0.2, 0) is 0 Å². The second-order valence-electron chi connectivity index (χ2n) is 9.51. The summed E-state index contributed by atoms with van der Waals surface area (Å²) in [6.45, 7) is 5.80. The molecule has 0 unspecified atom stereocenters. The Labute approximate surface area is 198 Å². The van der Waals surface area contributed by atoms with Gasteiger partial charge in [-0.2, -0.15) is 5.10 Å². The Kier molecular flexibility index (Phi) is 5.53. The van der Waals surface area contributed by atoms with Crippen molar-refractivity contribution >= 4 is 17.2 Å². The maximum Gasteiger partial charge on any atom is 0.251 e. The van der Waals surface area contributed by atoms with Gasteiger partial charge in [0.1, 0.15) is 0 Å². The highest BCUT2D eigenvalue weighted by Crippen LogP contribution is 2.29. The molecule has 3 N–H and O–H groups in total. The van der Waals surface area contributed by atoms with Crippen molar-refractivity contribution in [3.8, 4) is 22.5 Å². The van der Waals surface area contributed by atoms with Gasteiger partial charge in [0, 0.05) is 41.7 Å². The van der Waals surface area contributed by atoms with Crippen molar-refractivity contribution in [2.45, 2.75) is 45.3 Å². The standard InChI is InChI=1S/C26H28N6O2/c1-16-11-17(6-9-20(16)25(33)30-19-7-8-19)23-14-28-24-22(29-15-26(2,3)34)12-21(31-32(23)24)18-5-4-10-27-13-18/h4-6,9-14,19,29,34H,7-8,15H2,1-3H3,(H,30,33). The molecule has 0 atom stereocenters. The number of carbonyl (C=O) groups is 1. The Hall–Kier alpha value is -3.78. The molecule has 1 fully saturated rings. The second kappa shape index (κ2) is 8.53. The van der Waals surface area contributed by atoms with Gasteiger partial charge in [0.05, 0.1) is 28.9 Å². The number of nitrogens with one attached hydrogen (secondary N) is 2. The fraction of sp³-hybridized carbons (Fsp3) is 0.308. The van der Waals surface area contributed by atoms with E-state index >= 15 is 0 Å². The van der Waals surface area contributed by atoms with E-state index in [1.165, 1.54) is 0 Å². The van der Waals surface area contributed by atoms with Crippen molar-refractivity contribution in [2.24, 2.45) is 0 Å². The van der Waals surface area contributed by atoms with Crippen LogP contribution < -0.4 is 10.6 Å². The number of aliphatic hydroxyl groups is 1. The maximum atomic E-state index is 12.5. The molecule has 1 aromatic carbocycles. The van der Waals surface area contributed by atoms with Crippen LogP contribution in [0.15, 0.2) is 55.0 Å². The number of hydrogen-bond donors (Lipinski definition) is 3. The summed E-state index contributed by atoms with van der Waals surface area (Å²) in [5.41, 5.74) is 5.43. The lowest BCUT2D eigenvalue weighted by Crippen LogP contribution is -2.29. The Morgan fingerprint density at radius 2 is 2.00 bits per heavy atom. The van der Waals surface area contributed by atoms with Crippen LogP contribution in [0.3, 0.4) is 0 Å². The molecule has 0 bridgehead atoms. The third-order valence-electron chi connectivity index (χ3n) is 5.82. The Balaban J connectivity index is 1.57. The van der Waals surface area contributed by atoms with E-state index < -0.39 is 5.60 Å². The first-order valence-corrected chi connectivity index (χ1v) is 11.5. The average Bonchev–Trinajstić information content (AvgIpc) is 3.52. The van der Waals surface area contributed by atoms with Gasteiger partial charge < -0.3 is 15.7 Å². The van der Waals surface area contributed by atoms with Crippen LogP contribution in [0, 0.1) is 6.92 Å². The van der Waals surface area contributed by atoms with E-state index in [0.29, 0.717) is 23.8 Å². The maximum absolute atomic E-state index is 12.5. The predicted molar refractivity (Wildman–Crippen MR) is 132 cm³/mol. The molecule has 0 aliphatic heterocycles. The van der Waals surface area contributed by atoms with Crippen LogP contribution in [0.1, 0.15) is 42.6 Å². The van der Waals surface area contributed by atoms with E-state index in [-0.39, 0.29) is 5.91 Å². The quantitative estimate of drug-likeness (QED) is 0.390. The monoisotopic (exact) mass is 456 g/mol. The molecular formula is C26H28N6O2. The fourth-order valence-corrected chi connectivity index (χ4v) is 3.83. The van der Waals surface area contributed by atoms with Crippen LogP contribution in [0.4, 0.5) is 5.69 Å². The van der Waals surface area contributed by atoms with Gasteiger partial charge in [0.2, 0.25) is 0 Å². The van der Waals surface area contributed by atoms with Gasteiger partial charge in [0.25, 0.3) is 5.91 Å². The lowest BCUT2D eigenvalue weighted by molar-refractivity contribution is 0.0940. The summed E-state index contributed by atoms with van der Waals surface area (Å²) >= 11 is 0. The number of benzene rings is 1. The van der Waals surface area contributed by atoms with E-state index in [2.05, 4.69) is 20.6 Å². The normalized spacial score (nSPS) is 13.8. The highest BCUT2D eigenvalue weighted by molar-refractivity contribution is 5.96. The van der Waals surface area contributed by atoms with Crippen LogP contribution in [0.25, 0.3) is 28.2 Å². The zero-order chi connectivity index (χ0) is 23.9. The smallest absolute Gasteiger partial charge is 0.251 e. The molecule has 1 aliphatic carbocycles. The van der Waals surface area contributed by atoms with E-state index in [0.717, 1.165) is 46.6 Å². The first kappa shape index (κ1) is 22.0. The summed E-state index contributed by atoms with van der Waals surface area (Å²) in [5, 5.41) is 21.5. The first-order chi connectivity index (χ1) is 16.3. The lowest BCUT2D eigenvalue weighted by Gasteiger charge is -2.19. The number of carbonyl (C=O) groups excluding carboxylic acids is 1.